The Balaban J connectivity index is 1.96. The van der Waals surface area contributed by atoms with Gasteiger partial charge in [-0.05, 0) is 31.7 Å². The van der Waals surface area contributed by atoms with Crippen LogP contribution in [0.1, 0.15) is 84.0 Å². The fourth-order valence-electron chi connectivity index (χ4n) is 3.23. The van der Waals surface area contributed by atoms with Gasteiger partial charge in [0.1, 0.15) is 0 Å². The summed E-state index contributed by atoms with van der Waals surface area (Å²) in [6.45, 7) is 4.83. The Kier molecular flexibility index (Phi) is 10.6. The third-order valence-electron chi connectivity index (χ3n) is 4.70. The van der Waals surface area contributed by atoms with Crippen molar-refractivity contribution in [1.82, 2.24) is 4.90 Å². The van der Waals surface area contributed by atoms with Crippen LogP contribution in [0.2, 0.25) is 0 Å². The Morgan fingerprint density at radius 3 is 2.29 bits per heavy atom. The van der Waals surface area contributed by atoms with E-state index in [0.29, 0.717) is 11.8 Å². The van der Waals surface area contributed by atoms with Gasteiger partial charge in [-0.2, -0.15) is 0 Å². The molecular formula is C18H36N2O. The third-order valence-corrected chi connectivity index (χ3v) is 4.70. The molecule has 1 aliphatic rings. The Labute approximate surface area is 131 Å². The molecule has 3 heteroatoms. The van der Waals surface area contributed by atoms with Gasteiger partial charge in [0.15, 0.2) is 0 Å². The summed E-state index contributed by atoms with van der Waals surface area (Å²) in [5.41, 5.74) is 5.73. The molecular weight excluding hydrogens is 260 g/mol. The third kappa shape index (κ3) is 8.45. The lowest BCUT2D eigenvalue weighted by Crippen LogP contribution is -2.41. The number of likely N-dealkylation sites (tertiary alicyclic amines) is 1. The minimum absolute atomic E-state index is 0.357. The number of amides is 1. The summed E-state index contributed by atoms with van der Waals surface area (Å²) in [7, 11) is 0. The standard InChI is InChI=1S/C18H36N2O/c1-2-3-4-5-6-7-8-9-10-13-18(21)20-14-11-12-17(15-19)16-20/h17H,2-16,19H2,1H3. The van der Waals surface area contributed by atoms with Crippen molar-refractivity contribution in [1.29, 1.82) is 0 Å². The van der Waals surface area contributed by atoms with Crippen molar-refractivity contribution in [2.45, 2.75) is 84.0 Å². The summed E-state index contributed by atoms with van der Waals surface area (Å²) in [4.78, 5) is 14.2. The lowest BCUT2D eigenvalue weighted by molar-refractivity contribution is -0.133. The van der Waals surface area contributed by atoms with Crippen molar-refractivity contribution in [3.63, 3.8) is 0 Å². The predicted octanol–water partition coefficient (Wildman–Crippen LogP) is 4.10. The maximum Gasteiger partial charge on any atom is 0.222 e. The largest absolute Gasteiger partial charge is 0.342 e. The summed E-state index contributed by atoms with van der Waals surface area (Å²) in [5, 5.41) is 0. The SMILES string of the molecule is CCCCCCCCCCCC(=O)N1CCCC(CN)C1. The van der Waals surface area contributed by atoms with E-state index in [4.69, 9.17) is 5.73 Å². The van der Waals surface area contributed by atoms with Gasteiger partial charge >= 0.3 is 0 Å². The van der Waals surface area contributed by atoms with Crippen molar-refractivity contribution in [3.05, 3.63) is 0 Å². The molecule has 1 unspecified atom stereocenters. The lowest BCUT2D eigenvalue weighted by Gasteiger charge is -2.32. The van der Waals surface area contributed by atoms with Gasteiger partial charge in [-0.15, -0.1) is 0 Å². The van der Waals surface area contributed by atoms with Crippen LogP contribution in [0, 0.1) is 5.92 Å². The van der Waals surface area contributed by atoms with Crippen molar-refractivity contribution < 1.29 is 4.79 Å². The highest BCUT2D eigenvalue weighted by Crippen LogP contribution is 2.17. The number of hydrogen-bond acceptors (Lipinski definition) is 2. The predicted molar refractivity (Wildman–Crippen MR) is 90.2 cm³/mol. The average molecular weight is 296 g/mol. The van der Waals surface area contributed by atoms with Crippen LogP contribution in [-0.4, -0.2) is 30.4 Å². The van der Waals surface area contributed by atoms with E-state index in [1.54, 1.807) is 0 Å². The topological polar surface area (TPSA) is 46.3 Å². The molecule has 0 aliphatic carbocycles. The number of unbranched alkanes of at least 4 members (excludes halogenated alkanes) is 8. The Morgan fingerprint density at radius 2 is 1.67 bits per heavy atom. The second-order valence-corrected chi connectivity index (χ2v) is 6.66. The molecule has 21 heavy (non-hydrogen) atoms. The van der Waals surface area contributed by atoms with Gasteiger partial charge < -0.3 is 10.6 Å². The van der Waals surface area contributed by atoms with Gasteiger partial charge in [0, 0.05) is 19.5 Å². The molecule has 0 aromatic heterocycles. The summed E-state index contributed by atoms with van der Waals surface area (Å²) in [6, 6.07) is 0. The Morgan fingerprint density at radius 1 is 1.05 bits per heavy atom. The zero-order valence-electron chi connectivity index (χ0n) is 14.1. The van der Waals surface area contributed by atoms with Crippen molar-refractivity contribution in [2.75, 3.05) is 19.6 Å². The smallest absolute Gasteiger partial charge is 0.222 e. The molecule has 1 amide bonds. The number of carbonyl (C=O) groups excluding carboxylic acids is 1. The molecule has 1 heterocycles. The van der Waals surface area contributed by atoms with Gasteiger partial charge in [0.2, 0.25) is 5.91 Å². The van der Waals surface area contributed by atoms with E-state index < -0.39 is 0 Å². The van der Waals surface area contributed by atoms with E-state index in [-0.39, 0.29) is 0 Å². The molecule has 124 valence electrons. The fourth-order valence-corrected chi connectivity index (χ4v) is 3.23. The van der Waals surface area contributed by atoms with Gasteiger partial charge in [-0.25, -0.2) is 0 Å². The molecule has 1 fully saturated rings. The van der Waals surface area contributed by atoms with E-state index in [2.05, 4.69) is 6.92 Å². The molecule has 1 rings (SSSR count). The second kappa shape index (κ2) is 12.0. The number of hydrogen-bond donors (Lipinski definition) is 1. The highest BCUT2D eigenvalue weighted by molar-refractivity contribution is 5.76. The van der Waals surface area contributed by atoms with E-state index in [1.807, 2.05) is 4.90 Å². The van der Waals surface area contributed by atoms with Crippen molar-refractivity contribution in [2.24, 2.45) is 11.7 Å². The van der Waals surface area contributed by atoms with E-state index in [1.165, 1.54) is 57.8 Å². The lowest BCUT2D eigenvalue weighted by atomic mass is 9.98. The quantitative estimate of drug-likeness (QED) is 0.583. The van der Waals surface area contributed by atoms with Gasteiger partial charge in [-0.3, -0.25) is 4.79 Å². The van der Waals surface area contributed by atoms with Crippen molar-refractivity contribution in [3.8, 4) is 0 Å². The van der Waals surface area contributed by atoms with E-state index >= 15 is 0 Å². The van der Waals surface area contributed by atoms with Crippen LogP contribution in [0.25, 0.3) is 0 Å². The summed E-state index contributed by atoms with van der Waals surface area (Å²) >= 11 is 0. The molecule has 1 saturated heterocycles. The normalized spacial score (nSPS) is 19.0. The number of nitrogens with zero attached hydrogens (tertiary/aromatic N) is 1. The zero-order valence-corrected chi connectivity index (χ0v) is 14.1. The first-order valence-corrected chi connectivity index (χ1v) is 9.25. The monoisotopic (exact) mass is 296 g/mol. The van der Waals surface area contributed by atoms with Crippen LogP contribution in [0.5, 0.6) is 0 Å². The number of nitrogens with two attached hydrogens (primary N) is 1. The molecule has 1 atom stereocenters. The first kappa shape index (κ1) is 18.5. The Bertz CT molecular complexity index is 268. The molecule has 0 bridgehead atoms. The van der Waals surface area contributed by atoms with Crippen molar-refractivity contribution >= 4 is 5.91 Å². The first-order valence-electron chi connectivity index (χ1n) is 9.25. The van der Waals surface area contributed by atoms with Gasteiger partial charge in [0.25, 0.3) is 0 Å². The van der Waals surface area contributed by atoms with Gasteiger partial charge in [0.05, 0.1) is 0 Å². The molecule has 0 radical (unpaired) electrons. The summed E-state index contributed by atoms with van der Waals surface area (Å²) in [5.74, 6) is 0.891. The minimum Gasteiger partial charge on any atom is -0.342 e. The molecule has 3 nitrogen and oxygen atoms in total. The molecule has 0 aromatic carbocycles. The second-order valence-electron chi connectivity index (χ2n) is 6.66. The van der Waals surface area contributed by atoms with Crippen LogP contribution in [0.3, 0.4) is 0 Å². The minimum atomic E-state index is 0.357. The maximum atomic E-state index is 12.2. The van der Waals surface area contributed by atoms with Crippen LogP contribution in [0.4, 0.5) is 0 Å². The number of rotatable bonds is 11. The molecule has 2 N–H and O–H groups in total. The van der Waals surface area contributed by atoms with E-state index in [9.17, 15) is 4.79 Å². The van der Waals surface area contributed by atoms with Gasteiger partial charge in [-0.1, -0.05) is 58.3 Å². The highest BCUT2D eigenvalue weighted by Gasteiger charge is 2.21. The van der Waals surface area contributed by atoms with Crippen LogP contribution < -0.4 is 5.73 Å². The molecule has 1 aliphatic heterocycles. The van der Waals surface area contributed by atoms with Crippen LogP contribution in [-0.2, 0) is 4.79 Å². The maximum absolute atomic E-state index is 12.2. The Hall–Kier alpha value is -0.570. The number of carbonyl (C=O) groups is 1. The summed E-state index contributed by atoms with van der Waals surface area (Å²) in [6.07, 6.45) is 14.9. The number of piperidine rings is 1. The molecule has 0 aromatic rings. The highest BCUT2D eigenvalue weighted by atomic mass is 16.2. The van der Waals surface area contributed by atoms with Crippen LogP contribution in [0.15, 0.2) is 0 Å². The van der Waals surface area contributed by atoms with E-state index in [0.717, 1.165) is 38.9 Å². The fraction of sp³-hybridized carbons (Fsp3) is 0.944. The molecule has 0 saturated carbocycles. The first-order chi connectivity index (χ1) is 10.3. The molecule has 0 spiro atoms. The van der Waals surface area contributed by atoms with Crippen LogP contribution >= 0.6 is 0 Å². The summed E-state index contributed by atoms with van der Waals surface area (Å²) < 4.78 is 0. The zero-order chi connectivity index (χ0) is 15.3. The average Bonchev–Trinajstić information content (AvgIpc) is 2.53.